The highest BCUT2D eigenvalue weighted by Crippen LogP contribution is 2.44. The second kappa shape index (κ2) is 34.6. The fraction of sp³-hybridized carbons (Fsp3) is 0.0280. The van der Waals surface area contributed by atoms with Crippen LogP contribution in [0.1, 0.15) is 11.1 Å². The lowest BCUT2D eigenvalue weighted by Crippen LogP contribution is -2.12. The van der Waals surface area contributed by atoms with Gasteiger partial charge in [-0.15, -0.1) is 0 Å². The molecule has 0 N–H and O–H groups in total. The second-order valence-corrected chi connectivity index (χ2v) is 28.2. The number of nitrogens with zero attached hydrogens (tertiary/aromatic N) is 8. The van der Waals surface area contributed by atoms with E-state index >= 15 is 0 Å². The summed E-state index contributed by atoms with van der Waals surface area (Å²) in [6.45, 7) is 0. The lowest BCUT2D eigenvalue weighted by Gasteiger charge is -2.28. The molecule has 0 amide bonds. The van der Waals surface area contributed by atoms with E-state index in [2.05, 4.69) is 425 Å². The summed E-state index contributed by atoms with van der Waals surface area (Å²) >= 11 is 0. The number of hydrogen-bond donors (Lipinski definition) is 0. The highest BCUT2D eigenvalue weighted by atomic mass is 15.2. The summed E-state index contributed by atoms with van der Waals surface area (Å²) in [5.41, 5.74) is 24.9. The maximum absolute atomic E-state index is 9.31. The largest absolute Gasteiger partial charge is 0.345 e. The van der Waals surface area contributed by atoms with Gasteiger partial charge in [0.2, 0.25) is 0 Å². The number of para-hydroxylation sites is 1. The molecule has 8 heteroatoms. The molecule has 0 radical (unpaired) electrons. The van der Waals surface area contributed by atoms with E-state index in [-0.39, 0.29) is 0 Å². The second-order valence-electron chi connectivity index (χ2n) is 28.2. The highest BCUT2D eigenvalue weighted by molar-refractivity contribution is 6.01. The third-order valence-corrected chi connectivity index (χ3v) is 21.1. The first-order valence-corrected chi connectivity index (χ1v) is 38.6. The minimum atomic E-state index is 0.650. The Morgan fingerprint density at radius 2 is 0.443 bits per heavy atom. The number of rotatable bonds is 18. The fourth-order valence-corrected chi connectivity index (χ4v) is 14.8. The molecule has 0 aliphatic rings. The maximum atomic E-state index is 9.31. The van der Waals surface area contributed by atoms with Crippen LogP contribution in [0.25, 0.3) is 65.7 Å². The molecule has 0 heterocycles. The molecular weight excluding hydrogens is 1400 g/mol. The van der Waals surface area contributed by atoms with Crippen molar-refractivity contribution in [3.05, 3.63) is 454 Å². The Labute approximate surface area is 673 Å². The van der Waals surface area contributed by atoms with Crippen LogP contribution in [0.5, 0.6) is 0 Å². The number of nitriles is 2. The van der Waals surface area contributed by atoms with Crippen LogP contribution in [0, 0.1) is 22.7 Å². The Balaban J connectivity index is 0.000000130. The lowest BCUT2D eigenvalue weighted by molar-refractivity contribution is 1.20. The molecule has 550 valence electrons. The zero-order valence-corrected chi connectivity index (χ0v) is 64.2. The van der Waals surface area contributed by atoms with E-state index in [1.807, 2.05) is 80.8 Å². The van der Waals surface area contributed by atoms with E-state index in [9.17, 15) is 5.26 Å². The van der Waals surface area contributed by atoms with Crippen molar-refractivity contribution in [3.8, 4) is 45.5 Å². The van der Waals surface area contributed by atoms with Crippen LogP contribution in [0.15, 0.2) is 443 Å². The van der Waals surface area contributed by atoms with Gasteiger partial charge in [-0.1, -0.05) is 255 Å². The van der Waals surface area contributed by atoms with Crippen LogP contribution in [0.2, 0.25) is 0 Å². The Bertz CT molecular complexity index is 6360. The molecule has 115 heavy (non-hydrogen) atoms. The van der Waals surface area contributed by atoms with Gasteiger partial charge in [-0.2, -0.15) is 10.5 Å². The monoisotopic (exact) mass is 1480 g/mol. The topological polar surface area (TPSA) is 67.0 Å². The van der Waals surface area contributed by atoms with E-state index in [1.54, 1.807) is 0 Å². The molecule has 0 aliphatic carbocycles. The number of benzene rings is 18. The van der Waals surface area contributed by atoms with Crippen molar-refractivity contribution in [2.75, 3.05) is 50.5 Å². The summed E-state index contributed by atoms with van der Waals surface area (Å²) in [6.07, 6.45) is 0. The van der Waals surface area contributed by atoms with E-state index in [1.165, 1.54) is 65.7 Å². The van der Waals surface area contributed by atoms with Gasteiger partial charge < -0.3 is 29.4 Å². The molecule has 0 aliphatic heterocycles. The summed E-state index contributed by atoms with van der Waals surface area (Å²) in [7, 11) is 6.17. The summed E-state index contributed by atoms with van der Waals surface area (Å²) in [5.74, 6) is 0. The lowest BCUT2D eigenvalue weighted by atomic mass is 10.0. The van der Waals surface area contributed by atoms with Gasteiger partial charge in [0, 0.05) is 106 Å². The fourth-order valence-electron chi connectivity index (χ4n) is 14.8. The smallest absolute Gasteiger partial charge is 0.0992 e. The minimum Gasteiger partial charge on any atom is -0.345 e. The average molecular weight is 1480 g/mol. The summed E-state index contributed by atoms with van der Waals surface area (Å²) in [6, 6.07) is 159. The van der Waals surface area contributed by atoms with Crippen LogP contribution in [0.4, 0.5) is 85.3 Å². The quantitative estimate of drug-likeness (QED) is 0.0842. The van der Waals surface area contributed by atoms with Gasteiger partial charge in [-0.3, -0.25) is 0 Å². The Hall–Kier alpha value is -15.5. The maximum Gasteiger partial charge on any atom is 0.0992 e. The SMILES string of the molecule is CN(c1ccc(C#N)cc1)c1ccc(N(c2ccc(-c3ccccc3)cc2)c2cccc3ccccc23)cc1.CN(c1ccc(N(c2ccc(-c3ccccc3)cc2)c2cccc3ccccc23)cc1)c1cccc(C#N)c1.CN(c1ccccc1)c1ccc(N(c2ccc(-c3ccccc3)cc2)c2ccc3ccccc3c2)cc1. The molecule has 0 atom stereocenters. The van der Waals surface area contributed by atoms with Crippen molar-refractivity contribution in [1.82, 2.24) is 0 Å². The van der Waals surface area contributed by atoms with Crippen molar-refractivity contribution in [1.29, 1.82) is 10.5 Å². The molecule has 0 saturated heterocycles. The zero-order valence-electron chi connectivity index (χ0n) is 64.2. The predicted molar refractivity (Wildman–Crippen MR) is 485 cm³/mol. The van der Waals surface area contributed by atoms with Crippen LogP contribution in [-0.4, -0.2) is 21.1 Å². The predicted octanol–water partition coefficient (Wildman–Crippen LogP) is 29.0. The molecule has 0 spiro atoms. The molecule has 18 aromatic rings. The number of fused-ring (bicyclic) bond motifs is 3. The first-order valence-electron chi connectivity index (χ1n) is 38.6. The molecule has 0 saturated carbocycles. The van der Waals surface area contributed by atoms with Crippen LogP contribution in [-0.2, 0) is 0 Å². The summed E-state index contributed by atoms with van der Waals surface area (Å²) in [4.78, 5) is 13.4. The normalized spacial score (nSPS) is 10.7. The molecule has 0 unspecified atom stereocenters. The third kappa shape index (κ3) is 16.7. The van der Waals surface area contributed by atoms with Crippen molar-refractivity contribution in [3.63, 3.8) is 0 Å². The van der Waals surface area contributed by atoms with Crippen molar-refractivity contribution in [2.45, 2.75) is 0 Å². The first kappa shape index (κ1) is 73.7. The molecule has 18 aromatic carbocycles. The Morgan fingerprint density at radius 3 is 0.843 bits per heavy atom. The number of hydrogen-bond acceptors (Lipinski definition) is 8. The van der Waals surface area contributed by atoms with Crippen LogP contribution in [0.3, 0.4) is 0 Å². The molecule has 0 fully saturated rings. The Kier molecular flexibility index (Phi) is 22.2. The third-order valence-electron chi connectivity index (χ3n) is 21.1. The Morgan fingerprint density at radius 1 is 0.174 bits per heavy atom. The van der Waals surface area contributed by atoms with Gasteiger partial charge in [0.15, 0.2) is 0 Å². The molecule has 18 rings (SSSR count). The summed E-state index contributed by atoms with van der Waals surface area (Å²) in [5, 5.41) is 25.7. The zero-order chi connectivity index (χ0) is 78.2. The van der Waals surface area contributed by atoms with Crippen LogP contribution >= 0.6 is 0 Å². The van der Waals surface area contributed by atoms with E-state index in [0.29, 0.717) is 11.1 Å². The molecule has 0 bridgehead atoms. The van der Waals surface area contributed by atoms with E-state index < -0.39 is 0 Å². The van der Waals surface area contributed by atoms with Gasteiger partial charge in [0.05, 0.1) is 34.6 Å². The standard InChI is InChI=1S/2C36H27N3.C35H28N2/c1-38(34-14-7-9-27(25-34)26-37)31-21-23-33(24-22-31)39(36-16-8-13-30-12-5-6-15-35(30)36)32-19-17-29(18-20-32)28-10-3-2-4-11-28;1-38(31-18-14-27(26-37)15-19-31)32-22-24-34(25-23-32)39(36-13-7-11-30-10-5-6-12-35(30)36)33-20-16-29(17-21-33)28-8-3-2-4-9-28;1-36(31-14-6-3-7-15-31)32-22-24-34(25-23-32)37(35-21-18-28-12-8-9-13-30(28)26-35)33-19-16-29(17-20-33)27-10-4-2-5-11-27/h2*2-25H,1H3;2-26H,1H3. The van der Waals surface area contributed by atoms with E-state index in [4.69, 9.17) is 5.26 Å². The first-order chi connectivity index (χ1) is 56.7. The van der Waals surface area contributed by atoms with Gasteiger partial charge >= 0.3 is 0 Å². The van der Waals surface area contributed by atoms with E-state index in [0.717, 1.165) is 85.3 Å². The van der Waals surface area contributed by atoms with Crippen LogP contribution < -0.4 is 29.4 Å². The highest BCUT2D eigenvalue weighted by Gasteiger charge is 2.21. The average Bonchev–Trinajstić information content (AvgIpc) is 0.791. The van der Waals surface area contributed by atoms with Crippen molar-refractivity contribution in [2.24, 2.45) is 0 Å². The summed E-state index contributed by atoms with van der Waals surface area (Å²) < 4.78 is 0. The molecule has 8 nitrogen and oxygen atoms in total. The van der Waals surface area contributed by atoms with Gasteiger partial charge in [0.1, 0.15) is 0 Å². The van der Waals surface area contributed by atoms with Gasteiger partial charge in [-0.25, -0.2) is 0 Å². The van der Waals surface area contributed by atoms with Crippen molar-refractivity contribution < 1.29 is 0 Å². The molecular formula is C107H82N8. The number of anilines is 15. The van der Waals surface area contributed by atoms with Gasteiger partial charge in [-0.05, 0) is 243 Å². The minimum absolute atomic E-state index is 0.650. The van der Waals surface area contributed by atoms with Crippen molar-refractivity contribution >= 4 is 118 Å². The van der Waals surface area contributed by atoms with Gasteiger partial charge in [0.25, 0.3) is 0 Å². The molecule has 0 aromatic heterocycles.